The van der Waals surface area contributed by atoms with Crippen molar-refractivity contribution in [2.24, 2.45) is 4.99 Å². The van der Waals surface area contributed by atoms with Crippen molar-refractivity contribution < 1.29 is 4.74 Å². The first-order valence-electron chi connectivity index (χ1n) is 10.6. The lowest BCUT2D eigenvalue weighted by Gasteiger charge is -2.12. The van der Waals surface area contributed by atoms with Crippen LogP contribution >= 0.6 is 0 Å². The lowest BCUT2D eigenvalue weighted by Crippen LogP contribution is -2.39. The van der Waals surface area contributed by atoms with Crippen molar-refractivity contribution in [1.82, 2.24) is 20.4 Å². The largest absolute Gasteiger partial charge is 0.492 e. The normalized spacial score (nSPS) is 11.1. The third kappa shape index (κ3) is 6.01. The SMILES string of the molecule is CN=C(NCCCc1nn(-c2ccccc2)c(N)c1C#N)NCCOc1ccc(C)cc1. The van der Waals surface area contributed by atoms with Gasteiger partial charge in [-0.25, -0.2) is 4.68 Å². The number of nitrogens with two attached hydrogens (primary N) is 1. The average Bonchev–Trinajstić information content (AvgIpc) is 3.14. The van der Waals surface area contributed by atoms with E-state index in [0.29, 0.717) is 49.2 Å². The summed E-state index contributed by atoms with van der Waals surface area (Å²) in [4.78, 5) is 4.23. The molecule has 0 aliphatic heterocycles. The van der Waals surface area contributed by atoms with Crippen LogP contribution < -0.4 is 21.1 Å². The van der Waals surface area contributed by atoms with E-state index in [0.717, 1.165) is 17.9 Å². The molecule has 0 saturated carbocycles. The van der Waals surface area contributed by atoms with E-state index >= 15 is 0 Å². The number of anilines is 1. The van der Waals surface area contributed by atoms with Gasteiger partial charge in [-0.15, -0.1) is 0 Å². The first-order chi connectivity index (χ1) is 15.6. The summed E-state index contributed by atoms with van der Waals surface area (Å²) in [5.74, 6) is 1.92. The van der Waals surface area contributed by atoms with Gasteiger partial charge in [0.05, 0.1) is 17.9 Å². The van der Waals surface area contributed by atoms with Crippen molar-refractivity contribution in [2.45, 2.75) is 19.8 Å². The number of hydrogen-bond donors (Lipinski definition) is 3. The number of hydrogen-bond acceptors (Lipinski definition) is 5. The van der Waals surface area contributed by atoms with E-state index in [2.05, 4.69) is 26.8 Å². The Morgan fingerprint density at radius 2 is 1.84 bits per heavy atom. The van der Waals surface area contributed by atoms with Gasteiger partial charge in [-0.05, 0) is 44.0 Å². The van der Waals surface area contributed by atoms with Gasteiger partial charge in [0.1, 0.15) is 29.8 Å². The van der Waals surface area contributed by atoms with Gasteiger partial charge in [-0.2, -0.15) is 10.4 Å². The maximum Gasteiger partial charge on any atom is 0.191 e. The topological polar surface area (TPSA) is 113 Å². The number of aliphatic imine (C=N–C) groups is 1. The summed E-state index contributed by atoms with van der Waals surface area (Å²) in [6.07, 6.45) is 1.41. The van der Waals surface area contributed by atoms with E-state index in [4.69, 9.17) is 10.5 Å². The van der Waals surface area contributed by atoms with Crippen molar-refractivity contribution in [2.75, 3.05) is 32.5 Å². The molecule has 8 heteroatoms. The Labute approximate surface area is 188 Å². The summed E-state index contributed by atoms with van der Waals surface area (Å²) in [6.45, 7) is 3.89. The minimum Gasteiger partial charge on any atom is -0.492 e. The number of aromatic nitrogens is 2. The minimum absolute atomic E-state index is 0.368. The zero-order valence-electron chi connectivity index (χ0n) is 18.5. The van der Waals surface area contributed by atoms with Crippen LogP contribution in [0.25, 0.3) is 5.69 Å². The van der Waals surface area contributed by atoms with Gasteiger partial charge in [-0.1, -0.05) is 35.9 Å². The first kappa shape index (κ1) is 22.7. The van der Waals surface area contributed by atoms with Crippen molar-refractivity contribution in [3.8, 4) is 17.5 Å². The molecular formula is C24H29N7O. The number of nitrogens with one attached hydrogen (secondary N) is 2. The maximum absolute atomic E-state index is 9.52. The monoisotopic (exact) mass is 431 g/mol. The second-order valence-corrected chi connectivity index (χ2v) is 7.26. The summed E-state index contributed by atoms with van der Waals surface area (Å²) in [5.41, 5.74) is 9.33. The number of nitriles is 1. The zero-order chi connectivity index (χ0) is 22.8. The molecule has 0 bridgehead atoms. The molecule has 1 heterocycles. The van der Waals surface area contributed by atoms with E-state index in [-0.39, 0.29) is 0 Å². The second kappa shape index (κ2) is 11.4. The Hall–Kier alpha value is -3.99. The minimum atomic E-state index is 0.368. The van der Waals surface area contributed by atoms with Crippen LogP contribution in [-0.2, 0) is 6.42 Å². The highest BCUT2D eigenvalue weighted by molar-refractivity contribution is 5.79. The highest BCUT2D eigenvalue weighted by Gasteiger charge is 2.16. The molecule has 3 rings (SSSR count). The number of nitrogens with zero attached hydrogens (tertiary/aromatic N) is 4. The Kier molecular flexibility index (Phi) is 8.09. The van der Waals surface area contributed by atoms with Crippen molar-refractivity contribution in [3.05, 3.63) is 71.4 Å². The predicted molar refractivity (Wildman–Crippen MR) is 127 cm³/mol. The second-order valence-electron chi connectivity index (χ2n) is 7.26. The average molecular weight is 432 g/mol. The first-order valence-corrected chi connectivity index (χ1v) is 10.6. The summed E-state index contributed by atoms with van der Waals surface area (Å²) in [7, 11) is 1.73. The Morgan fingerprint density at radius 3 is 2.53 bits per heavy atom. The quantitative estimate of drug-likeness (QED) is 0.273. The Morgan fingerprint density at radius 1 is 1.12 bits per heavy atom. The molecule has 8 nitrogen and oxygen atoms in total. The van der Waals surface area contributed by atoms with E-state index in [1.807, 2.05) is 61.5 Å². The van der Waals surface area contributed by atoms with Gasteiger partial charge in [0.15, 0.2) is 5.96 Å². The third-order valence-corrected chi connectivity index (χ3v) is 4.90. The van der Waals surface area contributed by atoms with E-state index in [1.54, 1.807) is 11.7 Å². The van der Waals surface area contributed by atoms with Crippen LogP contribution in [0.2, 0.25) is 0 Å². The molecule has 0 unspecified atom stereocenters. The molecule has 2 aromatic carbocycles. The van der Waals surface area contributed by atoms with Crippen molar-refractivity contribution >= 4 is 11.8 Å². The fraction of sp³-hybridized carbons (Fsp3) is 0.292. The van der Waals surface area contributed by atoms with E-state index in [1.165, 1.54) is 5.56 Å². The van der Waals surface area contributed by atoms with Crippen LogP contribution in [0.15, 0.2) is 59.6 Å². The number of guanidine groups is 1. The number of aryl methyl sites for hydroxylation is 2. The van der Waals surface area contributed by atoms with E-state index in [9.17, 15) is 5.26 Å². The molecule has 0 amide bonds. The van der Waals surface area contributed by atoms with Crippen LogP contribution in [0.1, 0.15) is 23.2 Å². The number of nitrogen functional groups attached to an aromatic ring is 1. The lowest BCUT2D eigenvalue weighted by molar-refractivity contribution is 0.322. The van der Waals surface area contributed by atoms with E-state index < -0.39 is 0 Å². The molecule has 0 atom stereocenters. The van der Waals surface area contributed by atoms with Crippen LogP contribution in [0.3, 0.4) is 0 Å². The summed E-state index contributed by atoms with van der Waals surface area (Å²) >= 11 is 0. The molecule has 0 spiro atoms. The molecule has 3 aromatic rings. The van der Waals surface area contributed by atoms with Crippen LogP contribution in [0, 0.1) is 18.3 Å². The van der Waals surface area contributed by atoms with Gasteiger partial charge in [0.25, 0.3) is 0 Å². The molecular weight excluding hydrogens is 402 g/mol. The van der Waals surface area contributed by atoms with Crippen LogP contribution in [0.5, 0.6) is 5.75 Å². The third-order valence-electron chi connectivity index (χ3n) is 4.90. The highest BCUT2D eigenvalue weighted by Crippen LogP contribution is 2.21. The van der Waals surface area contributed by atoms with Crippen LogP contribution in [0.4, 0.5) is 5.82 Å². The van der Waals surface area contributed by atoms with Gasteiger partial charge < -0.3 is 21.1 Å². The number of benzene rings is 2. The Bertz CT molecular complexity index is 1070. The van der Waals surface area contributed by atoms with Crippen molar-refractivity contribution in [1.29, 1.82) is 5.26 Å². The van der Waals surface area contributed by atoms with Crippen molar-refractivity contribution in [3.63, 3.8) is 0 Å². The predicted octanol–water partition coefficient (Wildman–Crippen LogP) is 2.81. The molecule has 0 radical (unpaired) electrons. The standard InChI is InChI=1S/C24H29N7O/c1-18-10-12-20(13-11-18)32-16-15-29-24(27-2)28-14-6-9-22-21(17-25)23(26)31(30-22)19-7-4-3-5-8-19/h3-5,7-8,10-13H,6,9,14-16,26H2,1-2H3,(H2,27,28,29). The van der Waals surface area contributed by atoms with Gasteiger partial charge in [-0.3, -0.25) is 4.99 Å². The fourth-order valence-corrected chi connectivity index (χ4v) is 3.20. The molecule has 0 fully saturated rings. The number of rotatable bonds is 9. The molecule has 4 N–H and O–H groups in total. The lowest BCUT2D eigenvalue weighted by atomic mass is 10.1. The molecule has 1 aromatic heterocycles. The molecule has 0 aliphatic rings. The summed E-state index contributed by atoms with van der Waals surface area (Å²) < 4.78 is 7.34. The summed E-state index contributed by atoms with van der Waals surface area (Å²) in [6, 6.07) is 19.7. The molecule has 166 valence electrons. The number of ether oxygens (including phenoxy) is 1. The van der Waals surface area contributed by atoms with Gasteiger partial charge in [0, 0.05) is 13.6 Å². The fourth-order valence-electron chi connectivity index (χ4n) is 3.20. The summed E-state index contributed by atoms with van der Waals surface area (Å²) in [5, 5.41) is 20.6. The van der Waals surface area contributed by atoms with Gasteiger partial charge >= 0.3 is 0 Å². The molecule has 0 saturated heterocycles. The molecule has 32 heavy (non-hydrogen) atoms. The zero-order valence-corrected chi connectivity index (χ0v) is 18.5. The Balaban J connectivity index is 1.44. The number of para-hydroxylation sites is 1. The smallest absolute Gasteiger partial charge is 0.191 e. The molecule has 0 aliphatic carbocycles. The highest BCUT2D eigenvalue weighted by atomic mass is 16.5. The maximum atomic E-state index is 9.52. The van der Waals surface area contributed by atoms with Crippen LogP contribution in [-0.4, -0.2) is 42.5 Å². The van der Waals surface area contributed by atoms with Gasteiger partial charge in [0.2, 0.25) is 0 Å².